The second kappa shape index (κ2) is 3.37. The summed E-state index contributed by atoms with van der Waals surface area (Å²) in [7, 11) is 0. The lowest BCUT2D eigenvalue weighted by Gasteiger charge is -2.44. The van der Waals surface area contributed by atoms with E-state index >= 15 is 0 Å². The normalized spacial score (nSPS) is 31.0. The predicted octanol–water partition coefficient (Wildman–Crippen LogP) is 2.76. The summed E-state index contributed by atoms with van der Waals surface area (Å²) in [5.74, 6) is 0.882. The lowest BCUT2D eigenvalue weighted by Crippen LogP contribution is -2.47. The van der Waals surface area contributed by atoms with Crippen LogP contribution >= 0.6 is 0 Å². The molecule has 0 saturated carbocycles. The van der Waals surface area contributed by atoms with Gasteiger partial charge in [0.2, 0.25) is 0 Å². The summed E-state index contributed by atoms with van der Waals surface area (Å²) < 4.78 is 0. The minimum atomic E-state index is 0.516. The van der Waals surface area contributed by atoms with E-state index in [1.54, 1.807) is 0 Å². The van der Waals surface area contributed by atoms with E-state index in [9.17, 15) is 0 Å². The van der Waals surface area contributed by atoms with Gasteiger partial charge in [-0.2, -0.15) is 0 Å². The van der Waals surface area contributed by atoms with Crippen molar-refractivity contribution in [3.63, 3.8) is 0 Å². The van der Waals surface area contributed by atoms with Gasteiger partial charge in [-0.1, -0.05) is 20.8 Å². The first-order valence-corrected chi connectivity index (χ1v) is 5.17. The Bertz CT molecular complexity index is 149. The number of hydrogen-bond donors (Lipinski definition) is 0. The first-order chi connectivity index (χ1) is 5.43. The second-order valence-electron chi connectivity index (χ2n) is 5.24. The van der Waals surface area contributed by atoms with Crippen molar-refractivity contribution in [2.45, 2.75) is 47.1 Å². The van der Waals surface area contributed by atoms with Gasteiger partial charge in [0.15, 0.2) is 0 Å². The van der Waals surface area contributed by atoms with E-state index in [0.717, 1.165) is 12.0 Å². The zero-order valence-electron chi connectivity index (χ0n) is 9.22. The molecule has 0 unspecified atom stereocenters. The Labute approximate surface area is 77.1 Å². The Morgan fingerprint density at radius 1 is 1.33 bits per heavy atom. The van der Waals surface area contributed by atoms with Crippen LogP contribution in [0.2, 0.25) is 0 Å². The van der Waals surface area contributed by atoms with E-state index in [4.69, 9.17) is 0 Å². The van der Waals surface area contributed by atoms with E-state index < -0.39 is 0 Å². The highest BCUT2D eigenvalue weighted by atomic mass is 15.2. The molecular formula is C11H23N. The molecule has 1 nitrogen and oxygen atoms in total. The molecule has 0 aromatic carbocycles. The fourth-order valence-corrected chi connectivity index (χ4v) is 1.95. The molecule has 1 atom stereocenters. The van der Waals surface area contributed by atoms with E-state index in [2.05, 4.69) is 39.5 Å². The van der Waals surface area contributed by atoms with E-state index in [1.807, 2.05) is 0 Å². The van der Waals surface area contributed by atoms with Gasteiger partial charge in [-0.05, 0) is 38.1 Å². The van der Waals surface area contributed by atoms with Crippen LogP contribution in [-0.2, 0) is 0 Å². The van der Waals surface area contributed by atoms with Crippen molar-refractivity contribution in [2.24, 2.45) is 11.3 Å². The fourth-order valence-electron chi connectivity index (χ4n) is 1.95. The molecule has 1 heteroatoms. The molecule has 0 amide bonds. The van der Waals surface area contributed by atoms with Crippen LogP contribution in [0.3, 0.4) is 0 Å². The number of piperidine rings is 1. The summed E-state index contributed by atoms with van der Waals surface area (Å²) in [6.07, 6.45) is 1.37. The van der Waals surface area contributed by atoms with Gasteiger partial charge in [-0.25, -0.2) is 0 Å². The maximum absolute atomic E-state index is 2.60. The molecule has 1 aliphatic heterocycles. The molecular weight excluding hydrogens is 146 g/mol. The Hall–Kier alpha value is -0.0400. The number of rotatable bonds is 1. The third-order valence-corrected chi connectivity index (χ3v) is 3.52. The number of nitrogens with zero attached hydrogens (tertiary/aromatic N) is 1. The Kier molecular flexibility index (Phi) is 2.82. The predicted molar refractivity (Wildman–Crippen MR) is 54.3 cm³/mol. The van der Waals surface area contributed by atoms with Gasteiger partial charge in [-0.3, -0.25) is 0 Å². The smallest absolute Gasteiger partial charge is 0.00388 e. The zero-order chi connectivity index (χ0) is 9.35. The molecule has 0 bridgehead atoms. The summed E-state index contributed by atoms with van der Waals surface area (Å²) >= 11 is 0. The van der Waals surface area contributed by atoms with E-state index in [0.29, 0.717) is 5.41 Å². The van der Waals surface area contributed by atoms with Gasteiger partial charge in [0, 0.05) is 12.6 Å². The van der Waals surface area contributed by atoms with Crippen LogP contribution in [0.4, 0.5) is 0 Å². The van der Waals surface area contributed by atoms with Crippen molar-refractivity contribution < 1.29 is 0 Å². The third-order valence-electron chi connectivity index (χ3n) is 3.52. The molecule has 1 heterocycles. The van der Waals surface area contributed by atoms with Crippen molar-refractivity contribution in [1.82, 2.24) is 4.90 Å². The largest absolute Gasteiger partial charge is 0.300 e. The van der Waals surface area contributed by atoms with Gasteiger partial charge in [0.1, 0.15) is 0 Å². The number of hydrogen-bond acceptors (Lipinski definition) is 1. The highest BCUT2D eigenvalue weighted by Crippen LogP contribution is 2.34. The summed E-state index contributed by atoms with van der Waals surface area (Å²) in [4.78, 5) is 2.60. The molecule has 0 N–H and O–H groups in total. The summed E-state index contributed by atoms with van der Waals surface area (Å²) in [6, 6.07) is 0.719. The van der Waals surface area contributed by atoms with Crippen LogP contribution in [0.25, 0.3) is 0 Å². The molecule has 12 heavy (non-hydrogen) atoms. The van der Waals surface area contributed by atoms with Crippen molar-refractivity contribution in [3.8, 4) is 0 Å². The maximum atomic E-state index is 2.60. The molecule has 0 aromatic heterocycles. The second-order valence-corrected chi connectivity index (χ2v) is 5.24. The average molecular weight is 169 g/mol. The standard InChI is InChI=1S/C11H23N/c1-9(2)12-7-6-10(3)11(4,5)8-12/h9-10H,6-8H2,1-5H3/t10-/m1/s1. The summed E-state index contributed by atoms with van der Waals surface area (Å²) in [5, 5.41) is 0. The lowest BCUT2D eigenvalue weighted by molar-refractivity contribution is 0.0453. The van der Waals surface area contributed by atoms with Crippen molar-refractivity contribution >= 4 is 0 Å². The van der Waals surface area contributed by atoms with Gasteiger partial charge in [0.05, 0.1) is 0 Å². The minimum absolute atomic E-state index is 0.516. The maximum Gasteiger partial charge on any atom is 0.00388 e. The zero-order valence-corrected chi connectivity index (χ0v) is 9.22. The number of likely N-dealkylation sites (tertiary alicyclic amines) is 1. The van der Waals surface area contributed by atoms with Crippen LogP contribution < -0.4 is 0 Å². The molecule has 1 saturated heterocycles. The SMILES string of the molecule is CC(C)N1CC[C@@H](C)C(C)(C)C1. The Morgan fingerprint density at radius 3 is 2.33 bits per heavy atom. The van der Waals surface area contributed by atoms with Crippen LogP contribution in [0.1, 0.15) is 41.0 Å². The van der Waals surface area contributed by atoms with Crippen LogP contribution in [0, 0.1) is 11.3 Å². The van der Waals surface area contributed by atoms with Crippen molar-refractivity contribution in [2.75, 3.05) is 13.1 Å². The Balaban J connectivity index is 2.57. The summed E-state index contributed by atoms with van der Waals surface area (Å²) in [5.41, 5.74) is 0.516. The van der Waals surface area contributed by atoms with Gasteiger partial charge >= 0.3 is 0 Å². The van der Waals surface area contributed by atoms with Gasteiger partial charge in [0.25, 0.3) is 0 Å². The molecule has 1 aliphatic rings. The van der Waals surface area contributed by atoms with Gasteiger partial charge < -0.3 is 4.90 Å². The first-order valence-electron chi connectivity index (χ1n) is 5.17. The third kappa shape index (κ3) is 2.01. The highest BCUT2D eigenvalue weighted by molar-refractivity contribution is 4.85. The topological polar surface area (TPSA) is 3.24 Å². The quantitative estimate of drug-likeness (QED) is 0.583. The highest BCUT2D eigenvalue weighted by Gasteiger charge is 2.33. The molecule has 0 aromatic rings. The molecule has 1 fully saturated rings. The molecule has 0 spiro atoms. The minimum Gasteiger partial charge on any atom is -0.300 e. The molecule has 0 radical (unpaired) electrons. The monoisotopic (exact) mass is 169 g/mol. The average Bonchev–Trinajstić information content (AvgIpc) is 1.94. The Morgan fingerprint density at radius 2 is 1.92 bits per heavy atom. The van der Waals surface area contributed by atoms with Crippen molar-refractivity contribution in [3.05, 3.63) is 0 Å². The summed E-state index contributed by atoms with van der Waals surface area (Å²) in [6.45, 7) is 14.3. The van der Waals surface area contributed by atoms with Crippen LogP contribution in [-0.4, -0.2) is 24.0 Å². The fraction of sp³-hybridized carbons (Fsp3) is 1.00. The van der Waals surface area contributed by atoms with E-state index in [-0.39, 0.29) is 0 Å². The molecule has 1 rings (SSSR count). The van der Waals surface area contributed by atoms with E-state index in [1.165, 1.54) is 19.5 Å². The van der Waals surface area contributed by atoms with Crippen LogP contribution in [0.5, 0.6) is 0 Å². The van der Waals surface area contributed by atoms with Crippen LogP contribution in [0.15, 0.2) is 0 Å². The molecule has 72 valence electrons. The first kappa shape index (κ1) is 10.0. The van der Waals surface area contributed by atoms with Gasteiger partial charge in [-0.15, -0.1) is 0 Å². The molecule has 0 aliphatic carbocycles. The van der Waals surface area contributed by atoms with Crippen molar-refractivity contribution in [1.29, 1.82) is 0 Å². The lowest BCUT2D eigenvalue weighted by atomic mass is 9.75.